The van der Waals surface area contributed by atoms with Gasteiger partial charge >= 0.3 is 0 Å². The maximum atomic E-state index is 12.2. The third-order valence-corrected chi connectivity index (χ3v) is 4.96. The Bertz CT molecular complexity index is 1190. The fourth-order valence-corrected chi connectivity index (χ4v) is 3.43. The van der Waals surface area contributed by atoms with Crippen molar-refractivity contribution in [3.8, 4) is 11.3 Å². The molecule has 1 aliphatic rings. The van der Waals surface area contributed by atoms with Crippen molar-refractivity contribution in [1.29, 1.82) is 0 Å². The van der Waals surface area contributed by atoms with Gasteiger partial charge in [-0.25, -0.2) is 4.68 Å². The van der Waals surface area contributed by atoms with Crippen LogP contribution >= 0.6 is 0 Å². The summed E-state index contributed by atoms with van der Waals surface area (Å²) < 4.78 is 3.30. The van der Waals surface area contributed by atoms with Gasteiger partial charge in [0, 0.05) is 43.0 Å². The number of aromatic nitrogens is 7. The predicted octanol–water partition coefficient (Wildman–Crippen LogP) is 1.19. The van der Waals surface area contributed by atoms with Crippen molar-refractivity contribution < 1.29 is 0 Å². The van der Waals surface area contributed by atoms with Crippen LogP contribution in [0.4, 0.5) is 5.82 Å². The maximum absolute atomic E-state index is 12.2. The van der Waals surface area contributed by atoms with Crippen LogP contribution in [0.2, 0.25) is 0 Å². The Morgan fingerprint density at radius 1 is 1.00 bits per heavy atom. The van der Waals surface area contributed by atoms with E-state index in [1.165, 1.54) is 0 Å². The van der Waals surface area contributed by atoms with E-state index in [1.54, 1.807) is 33.7 Å². The third-order valence-electron chi connectivity index (χ3n) is 4.96. The summed E-state index contributed by atoms with van der Waals surface area (Å²) >= 11 is 0. The van der Waals surface area contributed by atoms with Gasteiger partial charge in [-0.1, -0.05) is 0 Å². The first kappa shape index (κ1) is 16.5. The number of pyridine rings is 1. The zero-order chi connectivity index (χ0) is 19.1. The monoisotopic (exact) mass is 374 g/mol. The van der Waals surface area contributed by atoms with Gasteiger partial charge in [-0.3, -0.25) is 9.78 Å². The van der Waals surface area contributed by atoms with Gasteiger partial charge in [-0.05, 0) is 37.3 Å². The molecular weight excluding hydrogens is 356 g/mol. The van der Waals surface area contributed by atoms with Crippen LogP contribution in [0.1, 0.15) is 5.82 Å². The van der Waals surface area contributed by atoms with Gasteiger partial charge in [-0.15, -0.1) is 15.3 Å². The Morgan fingerprint density at radius 2 is 1.82 bits per heavy atom. The molecule has 28 heavy (non-hydrogen) atoms. The van der Waals surface area contributed by atoms with Crippen LogP contribution in [0.25, 0.3) is 16.9 Å². The predicted molar refractivity (Wildman–Crippen MR) is 103 cm³/mol. The Balaban J connectivity index is 1.30. The van der Waals surface area contributed by atoms with E-state index in [0.29, 0.717) is 12.5 Å². The van der Waals surface area contributed by atoms with Crippen molar-refractivity contribution in [3.63, 3.8) is 0 Å². The number of hydrogen-bond acceptors (Lipinski definition) is 7. The van der Waals surface area contributed by atoms with E-state index >= 15 is 0 Å². The summed E-state index contributed by atoms with van der Waals surface area (Å²) in [4.78, 5) is 18.4. The van der Waals surface area contributed by atoms with E-state index < -0.39 is 0 Å². The van der Waals surface area contributed by atoms with Gasteiger partial charge in [0.2, 0.25) is 0 Å². The lowest BCUT2D eigenvalue weighted by Gasteiger charge is -2.39. The largest absolute Gasteiger partial charge is 0.354 e. The minimum absolute atomic E-state index is 0.0871. The molecule has 0 saturated carbocycles. The number of fused-ring (bicyclic) bond motifs is 1. The summed E-state index contributed by atoms with van der Waals surface area (Å²) in [5.74, 6) is 1.99. The first-order chi connectivity index (χ1) is 13.7. The summed E-state index contributed by atoms with van der Waals surface area (Å²) in [5.41, 5.74) is 2.37. The van der Waals surface area contributed by atoms with Crippen LogP contribution in [-0.2, 0) is 6.54 Å². The van der Waals surface area contributed by atoms with E-state index in [4.69, 9.17) is 0 Å². The summed E-state index contributed by atoms with van der Waals surface area (Å²) in [5, 5.41) is 17.2. The molecule has 0 radical (unpaired) electrons. The van der Waals surface area contributed by atoms with Crippen molar-refractivity contribution in [3.05, 3.63) is 65.0 Å². The Morgan fingerprint density at radius 3 is 2.64 bits per heavy atom. The average molecular weight is 374 g/mol. The summed E-state index contributed by atoms with van der Waals surface area (Å²) in [7, 11) is 0. The Labute approximate surface area is 160 Å². The minimum Gasteiger partial charge on any atom is -0.354 e. The normalized spacial score (nSPS) is 14.4. The Hall–Kier alpha value is -3.62. The molecule has 0 atom stereocenters. The van der Waals surface area contributed by atoms with Gasteiger partial charge < -0.3 is 4.90 Å². The topological polar surface area (TPSA) is 94.1 Å². The van der Waals surface area contributed by atoms with E-state index in [1.807, 2.05) is 31.2 Å². The summed E-state index contributed by atoms with van der Waals surface area (Å²) in [6.07, 6.45) is 3.44. The van der Waals surface area contributed by atoms with Gasteiger partial charge in [0.15, 0.2) is 11.5 Å². The molecule has 1 fully saturated rings. The van der Waals surface area contributed by atoms with Crippen molar-refractivity contribution in [1.82, 2.24) is 34.6 Å². The van der Waals surface area contributed by atoms with Gasteiger partial charge in [0.25, 0.3) is 5.56 Å². The molecule has 0 unspecified atom stereocenters. The molecule has 9 heteroatoms. The van der Waals surface area contributed by atoms with E-state index in [2.05, 4.69) is 30.3 Å². The van der Waals surface area contributed by atoms with Crippen molar-refractivity contribution in [2.24, 2.45) is 5.92 Å². The summed E-state index contributed by atoms with van der Waals surface area (Å²) in [6, 6.07) is 11.0. The molecular formula is C19H18N8O. The van der Waals surface area contributed by atoms with Crippen LogP contribution < -0.4 is 10.5 Å². The molecule has 4 aromatic heterocycles. The lowest BCUT2D eigenvalue weighted by Crippen LogP contribution is -2.50. The molecule has 0 spiro atoms. The van der Waals surface area contributed by atoms with Crippen LogP contribution in [-0.4, -0.2) is 47.7 Å². The first-order valence-electron chi connectivity index (χ1n) is 9.10. The number of aryl methyl sites for hydroxylation is 1. The van der Waals surface area contributed by atoms with Crippen LogP contribution in [0.15, 0.2) is 53.6 Å². The third kappa shape index (κ3) is 2.90. The smallest absolute Gasteiger partial charge is 0.266 e. The number of rotatable bonds is 4. The van der Waals surface area contributed by atoms with Crippen LogP contribution in [0.3, 0.4) is 0 Å². The standard InChI is InChI=1S/C19H18N8O/c1-13-21-22-17-3-4-18(24-27(13)17)25-10-14(11-25)12-26-19(28)5-2-16(23-26)15-6-8-20-9-7-15/h2-9,14H,10-12H2,1H3. The molecule has 0 amide bonds. The zero-order valence-electron chi connectivity index (χ0n) is 15.3. The highest BCUT2D eigenvalue weighted by Crippen LogP contribution is 2.24. The van der Waals surface area contributed by atoms with Crippen LogP contribution in [0.5, 0.6) is 0 Å². The second kappa shape index (κ2) is 6.52. The Kier molecular flexibility index (Phi) is 3.85. The molecule has 0 aliphatic carbocycles. The molecule has 4 aromatic rings. The van der Waals surface area contributed by atoms with E-state index in [9.17, 15) is 4.79 Å². The van der Waals surface area contributed by atoms with Gasteiger partial charge in [0.1, 0.15) is 5.82 Å². The second-order valence-electron chi connectivity index (χ2n) is 6.95. The molecule has 140 valence electrons. The SMILES string of the molecule is Cc1nnc2ccc(N3CC(Cn4nc(-c5ccncc5)ccc4=O)C3)nn12. The highest BCUT2D eigenvalue weighted by atomic mass is 16.1. The second-order valence-corrected chi connectivity index (χ2v) is 6.95. The molecule has 9 nitrogen and oxygen atoms in total. The lowest BCUT2D eigenvalue weighted by atomic mass is 10.0. The zero-order valence-corrected chi connectivity index (χ0v) is 15.3. The fourth-order valence-electron chi connectivity index (χ4n) is 3.43. The molecule has 0 aromatic carbocycles. The number of nitrogens with zero attached hydrogens (tertiary/aromatic N) is 8. The van der Waals surface area contributed by atoms with E-state index in [-0.39, 0.29) is 5.56 Å². The van der Waals surface area contributed by atoms with E-state index in [0.717, 1.165) is 41.6 Å². The van der Waals surface area contributed by atoms with Gasteiger partial charge in [-0.2, -0.15) is 9.61 Å². The highest BCUT2D eigenvalue weighted by molar-refractivity contribution is 5.57. The molecule has 5 heterocycles. The summed E-state index contributed by atoms with van der Waals surface area (Å²) in [6.45, 7) is 4.12. The fraction of sp³-hybridized carbons (Fsp3) is 0.263. The highest BCUT2D eigenvalue weighted by Gasteiger charge is 2.29. The van der Waals surface area contributed by atoms with Crippen molar-refractivity contribution in [2.75, 3.05) is 18.0 Å². The first-order valence-corrected chi connectivity index (χ1v) is 9.10. The minimum atomic E-state index is -0.0871. The van der Waals surface area contributed by atoms with Crippen molar-refractivity contribution >= 4 is 11.5 Å². The lowest BCUT2D eigenvalue weighted by molar-refractivity contribution is 0.332. The quantitative estimate of drug-likeness (QED) is 0.529. The van der Waals surface area contributed by atoms with Crippen molar-refractivity contribution in [2.45, 2.75) is 13.5 Å². The molecule has 0 bridgehead atoms. The molecule has 1 aliphatic heterocycles. The molecule has 0 N–H and O–H groups in total. The van der Waals surface area contributed by atoms with Crippen LogP contribution in [0, 0.1) is 12.8 Å². The number of hydrogen-bond donors (Lipinski definition) is 0. The molecule has 1 saturated heterocycles. The average Bonchev–Trinajstić information content (AvgIpc) is 3.06. The van der Waals surface area contributed by atoms with Gasteiger partial charge in [0.05, 0.1) is 12.2 Å². The number of anilines is 1. The maximum Gasteiger partial charge on any atom is 0.266 e. The molecule has 5 rings (SSSR count).